The zero-order valence-corrected chi connectivity index (χ0v) is 20.7. The summed E-state index contributed by atoms with van der Waals surface area (Å²) in [4.78, 5) is 37.0. The summed E-state index contributed by atoms with van der Waals surface area (Å²) in [7, 11) is 0. The molecule has 0 radical (unpaired) electrons. The second kappa shape index (κ2) is 11.4. The zero-order chi connectivity index (χ0) is 26.3. The van der Waals surface area contributed by atoms with E-state index >= 15 is 0 Å². The van der Waals surface area contributed by atoms with Crippen LogP contribution in [0.1, 0.15) is 38.1 Å². The summed E-state index contributed by atoms with van der Waals surface area (Å²) in [6.07, 6.45) is 0. The molecule has 0 heterocycles. The van der Waals surface area contributed by atoms with Crippen LogP contribution in [-0.4, -0.2) is 24.7 Å². The Bertz CT molecular complexity index is 1250. The molecule has 186 valence electrons. The fraction of sp³-hybridized carbons (Fsp3) is 0.207. The van der Waals surface area contributed by atoms with Crippen molar-refractivity contribution in [1.29, 1.82) is 0 Å². The molecule has 0 aliphatic rings. The Labute approximate surface area is 210 Å². The van der Waals surface area contributed by atoms with Crippen molar-refractivity contribution >= 4 is 17.9 Å². The third kappa shape index (κ3) is 7.30. The van der Waals surface area contributed by atoms with Crippen molar-refractivity contribution in [2.45, 2.75) is 27.7 Å². The molecule has 0 fully saturated rings. The first-order valence-corrected chi connectivity index (χ1v) is 11.2. The predicted molar refractivity (Wildman–Crippen MR) is 135 cm³/mol. The topological polar surface area (TPSA) is 88.1 Å². The van der Waals surface area contributed by atoms with Crippen LogP contribution in [0.25, 0.3) is 11.1 Å². The van der Waals surface area contributed by atoms with Crippen molar-refractivity contribution in [3.8, 4) is 28.4 Å². The largest absolute Gasteiger partial charge is 0.457 e. The monoisotopic (exact) mass is 488 g/mol. The van der Waals surface area contributed by atoms with Gasteiger partial charge in [0, 0.05) is 11.6 Å². The minimum atomic E-state index is -0.783. The van der Waals surface area contributed by atoms with E-state index in [9.17, 15) is 14.4 Å². The Morgan fingerprint density at radius 2 is 1.36 bits per heavy atom. The van der Waals surface area contributed by atoms with Crippen molar-refractivity contribution < 1.29 is 33.3 Å². The van der Waals surface area contributed by atoms with Crippen LogP contribution in [0.2, 0.25) is 0 Å². The van der Waals surface area contributed by atoms with Crippen molar-refractivity contribution in [2.24, 2.45) is 5.41 Å². The van der Waals surface area contributed by atoms with Crippen LogP contribution in [0.4, 0.5) is 0 Å². The first-order chi connectivity index (χ1) is 17.0. The maximum absolute atomic E-state index is 12.7. The van der Waals surface area contributed by atoms with Crippen molar-refractivity contribution in [2.75, 3.05) is 6.79 Å². The third-order valence-corrected chi connectivity index (χ3v) is 4.87. The summed E-state index contributed by atoms with van der Waals surface area (Å²) >= 11 is 0. The van der Waals surface area contributed by atoms with E-state index in [4.69, 9.17) is 18.9 Å². The molecule has 3 aromatic carbocycles. The smallest absolute Gasteiger partial charge is 0.341 e. The van der Waals surface area contributed by atoms with Gasteiger partial charge in [0.1, 0.15) is 17.2 Å². The summed E-state index contributed by atoms with van der Waals surface area (Å²) < 4.78 is 21.4. The molecule has 0 N–H and O–H groups in total. The van der Waals surface area contributed by atoms with Gasteiger partial charge in [0.15, 0.2) is 0 Å². The molecule has 7 nitrogen and oxygen atoms in total. The molecule has 0 saturated carbocycles. The molecule has 0 aromatic heterocycles. The molecule has 0 saturated heterocycles. The van der Waals surface area contributed by atoms with Gasteiger partial charge in [-0.15, -0.1) is 0 Å². The number of carbonyl (C=O) groups excluding carboxylic acids is 3. The van der Waals surface area contributed by atoms with E-state index in [1.807, 2.05) is 42.5 Å². The molecule has 0 aliphatic carbocycles. The van der Waals surface area contributed by atoms with Crippen molar-refractivity contribution in [3.05, 3.63) is 90.5 Å². The number of ether oxygens (including phenoxy) is 4. The van der Waals surface area contributed by atoms with Crippen LogP contribution < -0.4 is 14.2 Å². The Kier molecular flexibility index (Phi) is 8.27. The summed E-state index contributed by atoms with van der Waals surface area (Å²) in [5.74, 6) is -1.40. The maximum Gasteiger partial charge on any atom is 0.341 e. The Morgan fingerprint density at radius 1 is 0.778 bits per heavy atom. The van der Waals surface area contributed by atoms with Gasteiger partial charge >= 0.3 is 17.9 Å². The number of hydrogen-bond acceptors (Lipinski definition) is 7. The van der Waals surface area contributed by atoms with Gasteiger partial charge in [-0.25, -0.2) is 9.59 Å². The van der Waals surface area contributed by atoms with E-state index in [-0.39, 0.29) is 29.4 Å². The average molecular weight is 489 g/mol. The maximum atomic E-state index is 12.7. The Hall–Kier alpha value is -4.39. The Morgan fingerprint density at radius 3 is 1.94 bits per heavy atom. The van der Waals surface area contributed by atoms with Crippen LogP contribution in [0.3, 0.4) is 0 Å². The standard InChI is InChI=1S/C29H28O7/c1-19(2)26(30)35-24-15-22(16-25(17-24)36-28(32)29(3,4)5)27(31)34-18-33-23-13-11-21(12-14-23)20-9-7-6-8-10-20/h6-17H,1,18H2,2-5H3. The summed E-state index contributed by atoms with van der Waals surface area (Å²) in [5, 5.41) is 0. The van der Waals surface area contributed by atoms with Gasteiger partial charge in [0.25, 0.3) is 0 Å². The fourth-order valence-electron chi connectivity index (χ4n) is 2.87. The van der Waals surface area contributed by atoms with Gasteiger partial charge in [-0.2, -0.15) is 0 Å². The molecule has 0 unspecified atom stereocenters. The lowest BCUT2D eigenvalue weighted by atomic mass is 9.97. The first-order valence-electron chi connectivity index (χ1n) is 11.2. The van der Waals surface area contributed by atoms with E-state index in [1.54, 1.807) is 32.9 Å². The molecule has 0 atom stereocenters. The molecule has 0 aliphatic heterocycles. The highest BCUT2D eigenvalue weighted by Gasteiger charge is 2.25. The molecular formula is C29H28O7. The summed E-state index contributed by atoms with van der Waals surface area (Å²) in [6.45, 7) is 9.76. The molecule has 36 heavy (non-hydrogen) atoms. The molecule has 0 spiro atoms. The van der Waals surface area contributed by atoms with E-state index in [2.05, 4.69) is 6.58 Å². The normalized spacial score (nSPS) is 10.8. The number of benzene rings is 3. The Balaban J connectivity index is 1.69. The van der Waals surface area contributed by atoms with Crippen LogP contribution in [-0.2, 0) is 14.3 Å². The highest BCUT2D eigenvalue weighted by Crippen LogP contribution is 2.27. The van der Waals surface area contributed by atoms with E-state index in [1.165, 1.54) is 25.1 Å². The SMILES string of the molecule is C=C(C)C(=O)Oc1cc(OC(=O)C(C)(C)C)cc(C(=O)OCOc2ccc(-c3ccccc3)cc2)c1. The molecule has 3 rings (SSSR count). The van der Waals surface area contributed by atoms with Crippen LogP contribution >= 0.6 is 0 Å². The van der Waals surface area contributed by atoms with Gasteiger partial charge in [0.2, 0.25) is 6.79 Å². The highest BCUT2D eigenvalue weighted by molar-refractivity contribution is 5.92. The van der Waals surface area contributed by atoms with Gasteiger partial charge in [0.05, 0.1) is 11.0 Å². The summed E-state index contributed by atoms with van der Waals surface area (Å²) in [5.41, 5.74) is 1.50. The fourth-order valence-corrected chi connectivity index (χ4v) is 2.87. The molecule has 3 aromatic rings. The van der Waals surface area contributed by atoms with Crippen molar-refractivity contribution in [3.63, 3.8) is 0 Å². The molecule has 0 bridgehead atoms. The number of carbonyl (C=O) groups is 3. The number of esters is 3. The zero-order valence-electron chi connectivity index (χ0n) is 20.7. The molecule has 0 amide bonds. The van der Waals surface area contributed by atoms with Gasteiger partial charge in [-0.3, -0.25) is 4.79 Å². The third-order valence-electron chi connectivity index (χ3n) is 4.87. The lowest BCUT2D eigenvalue weighted by Gasteiger charge is -2.17. The molecule has 7 heteroatoms. The van der Waals surface area contributed by atoms with Crippen molar-refractivity contribution in [1.82, 2.24) is 0 Å². The minimum absolute atomic E-state index is 0.00609. The molecular weight excluding hydrogens is 460 g/mol. The lowest BCUT2D eigenvalue weighted by Crippen LogP contribution is -2.25. The van der Waals surface area contributed by atoms with E-state index in [0.717, 1.165) is 11.1 Å². The van der Waals surface area contributed by atoms with Crippen LogP contribution in [0, 0.1) is 5.41 Å². The average Bonchev–Trinajstić information content (AvgIpc) is 2.84. The summed E-state index contributed by atoms with van der Waals surface area (Å²) in [6, 6.07) is 21.2. The second-order valence-corrected chi connectivity index (χ2v) is 9.09. The predicted octanol–water partition coefficient (Wildman–Crippen LogP) is 5.98. The van der Waals surface area contributed by atoms with Gasteiger partial charge in [-0.05, 0) is 63.1 Å². The minimum Gasteiger partial charge on any atom is -0.457 e. The van der Waals surface area contributed by atoms with Gasteiger partial charge in [-0.1, -0.05) is 49.0 Å². The number of rotatable bonds is 8. The highest BCUT2D eigenvalue weighted by atomic mass is 16.7. The first kappa shape index (κ1) is 26.2. The quantitative estimate of drug-likeness (QED) is 0.167. The van der Waals surface area contributed by atoms with E-state index < -0.39 is 23.3 Å². The second-order valence-electron chi connectivity index (χ2n) is 9.09. The van der Waals surface area contributed by atoms with Crippen LogP contribution in [0.15, 0.2) is 84.9 Å². The lowest BCUT2D eigenvalue weighted by molar-refractivity contribution is -0.143. The van der Waals surface area contributed by atoms with Gasteiger partial charge < -0.3 is 18.9 Å². The van der Waals surface area contributed by atoms with E-state index in [0.29, 0.717) is 5.75 Å². The van der Waals surface area contributed by atoms with Crippen LogP contribution in [0.5, 0.6) is 17.2 Å². The number of hydrogen-bond donors (Lipinski definition) is 0.